The Morgan fingerprint density at radius 1 is 0.977 bits per heavy atom. The number of amides is 2. The first-order valence-corrected chi connectivity index (χ1v) is 16.3. The molecule has 1 aliphatic rings. The van der Waals surface area contributed by atoms with Crippen LogP contribution in [0.4, 0.5) is 15.5 Å². The first kappa shape index (κ1) is 28.6. The zero-order chi connectivity index (χ0) is 30.1. The quantitative estimate of drug-likeness (QED) is 0.218. The lowest BCUT2D eigenvalue weighted by Crippen LogP contribution is -2.35. The van der Waals surface area contributed by atoms with Gasteiger partial charge in [-0.05, 0) is 66.6 Å². The van der Waals surface area contributed by atoms with Gasteiger partial charge in [-0.3, -0.25) is 9.52 Å². The van der Waals surface area contributed by atoms with Crippen molar-refractivity contribution in [2.75, 3.05) is 30.8 Å². The van der Waals surface area contributed by atoms with E-state index in [1.807, 2.05) is 24.3 Å². The fourth-order valence-corrected chi connectivity index (χ4v) is 8.27. The number of thiophene rings is 1. The van der Waals surface area contributed by atoms with Crippen LogP contribution in [0.2, 0.25) is 0 Å². The number of carbonyl (C=O) groups excluding carboxylic acids is 2. The fourth-order valence-electron chi connectivity index (χ4n) is 4.85. The third-order valence-corrected chi connectivity index (χ3v) is 10.6. The molecule has 0 saturated heterocycles. The van der Waals surface area contributed by atoms with Crippen molar-refractivity contribution in [3.8, 4) is 16.3 Å². The number of nitrogens with zero attached hydrogens (tertiary/aromatic N) is 2. The van der Waals surface area contributed by atoms with Gasteiger partial charge >= 0.3 is 6.09 Å². The molecular weight excluding hydrogens is 609 g/mol. The smallest absolute Gasteiger partial charge is 0.409 e. The lowest BCUT2D eigenvalue weighted by molar-refractivity contribution is 0.102. The average Bonchev–Trinajstić information content (AvgIpc) is 3.60. The topological polar surface area (TPSA) is 127 Å². The highest BCUT2D eigenvalue weighted by Gasteiger charge is 2.30. The number of nitrogens with one attached hydrogen (secondary N) is 2. The molecule has 3 heterocycles. The monoisotopic (exact) mass is 634 g/mol. The Kier molecular flexibility index (Phi) is 7.77. The van der Waals surface area contributed by atoms with Crippen molar-refractivity contribution in [1.29, 1.82) is 0 Å². The minimum Gasteiger partial charge on any atom is -0.497 e. The molecule has 5 aromatic rings. The van der Waals surface area contributed by atoms with E-state index in [1.165, 1.54) is 55.1 Å². The molecule has 10 nitrogen and oxygen atoms in total. The van der Waals surface area contributed by atoms with Gasteiger partial charge in [-0.2, -0.15) is 0 Å². The number of aromatic nitrogens is 1. The first-order chi connectivity index (χ1) is 20.8. The minimum atomic E-state index is -3.90. The Bertz CT molecular complexity index is 1920. The van der Waals surface area contributed by atoms with E-state index in [-0.39, 0.29) is 16.1 Å². The average molecular weight is 635 g/mol. The highest BCUT2D eigenvalue weighted by Crippen LogP contribution is 2.46. The predicted octanol–water partition coefficient (Wildman–Crippen LogP) is 6.21. The fraction of sp³-hybridized carbons (Fsp3) is 0.167. The number of thiazole rings is 1. The number of hydrogen-bond donors (Lipinski definition) is 2. The zero-order valence-corrected chi connectivity index (χ0v) is 25.6. The summed E-state index contributed by atoms with van der Waals surface area (Å²) in [7, 11) is -1.04. The van der Waals surface area contributed by atoms with Crippen LogP contribution in [0.25, 0.3) is 20.8 Å². The number of sulfonamides is 1. The van der Waals surface area contributed by atoms with Crippen molar-refractivity contribution >= 4 is 65.6 Å². The molecule has 0 aliphatic carbocycles. The van der Waals surface area contributed by atoms with E-state index in [4.69, 9.17) is 14.5 Å². The van der Waals surface area contributed by atoms with E-state index in [0.717, 1.165) is 31.2 Å². The number of anilines is 2. The maximum Gasteiger partial charge on any atom is 0.409 e. The number of ether oxygens (including phenoxy) is 2. The van der Waals surface area contributed by atoms with Crippen LogP contribution in [0, 0.1) is 0 Å². The van der Waals surface area contributed by atoms with Gasteiger partial charge in [-0.1, -0.05) is 18.2 Å². The molecule has 0 atom stereocenters. The molecule has 0 bridgehead atoms. The van der Waals surface area contributed by atoms with Crippen molar-refractivity contribution in [2.45, 2.75) is 17.9 Å². The van der Waals surface area contributed by atoms with Crippen molar-refractivity contribution in [3.63, 3.8) is 0 Å². The highest BCUT2D eigenvalue weighted by molar-refractivity contribution is 7.92. The Balaban J connectivity index is 1.30. The van der Waals surface area contributed by atoms with Gasteiger partial charge < -0.3 is 19.7 Å². The molecule has 0 radical (unpaired) electrons. The van der Waals surface area contributed by atoms with Crippen molar-refractivity contribution in [3.05, 3.63) is 88.8 Å². The van der Waals surface area contributed by atoms with Crippen LogP contribution < -0.4 is 14.8 Å². The van der Waals surface area contributed by atoms with Crippen LogP contribution in [-0.2, 0) is 27.7 Å². The standard InChI is InChI=1S/C30H26N4O6S3/c1-39-20-10-12-21(13-11-20)43(37,38)33-19-7-5-6-18(16-19)27(35)32-29-26(28-31-23-8-3-4-9-24(23)41-28)22-14-15-34(30(36)40-2)17-25(22)42-29/h3-13,16,33H,14-15,17H2,1-2H3,(H,32,35). The molecule has 2 amide bonds. The molecule has 2 aromatic heterocycles. The highest BCUT2D eigenvalue weighted by atomic mass is 32.2. The third kappa shape index (κ3) is 5.78. The minimum absolute atomic E-state index is 0.0637. The second-order valence-corrected chi connectivity index (χ2v) is 13.5. The summed E-state index contributed by atoms with van der Waals surface area (Å²) >= 11 is 2.94. The molecule has 0 fully saturated rings. The molecule has 2 N–H and O–H groups in total. The van der Waals surface area contributed by atoms with Gasteiger partial charge in [0.15, 0.2) is 0 Å². The number of benzene rings is 3. The summed E-state index contributed by atoms with van der Waals surface area (Å²) in [6.07, 6.45) is 0.185. The molecule has 0 saturated carbocycles. The second-order valence-electron chi connectivity index (χ2n) is 9.65. The number of methoxy groups -OCH3 is 2. The molecule has 6 rings (SSSR count). The first-order valence-electron chi connectivity index (χ1n) is 13.2. The van der Waals surface area contributed by atoms with Gasteiger partial charge in [0.1, 0.15) is 15.8 Å². The van der Waals surface area contributed by atoms with Crippen molar-refractivity contribution < 1.29 is 27.5 Å². The van der Waals surface area contributed by atoms with Crippen LogP contribution in [0.5, 0.6) is 5.75 Å². The molecule has 220 valence electrons. The van der Waals surface area contributed by atoms with Gasteiger partial charge in [0.2, 0.25) is 0 Å². The number of rotatable bonds is 7. The van der Waals surface area contributed by atoms with E-state index >= 15 is 0 Å². The summed E-state index contributed by atoms with van der Waals surface area (Å²) in [5.74, 6) is 0.132. The molecule has 13 heteroatoms. The number of carbonyl (C=O) groups is 2. The maximum absolute atomic E-state index is 13.6. The summed E-state index contributed by atoms with van der Waals surface area (Å²) < 4.78 is 39.5. The van der Waals surface area contributed by atoms with Gasteiger partial charge in [-0.25, -0.2) is 18.2 Å². The van der Waals surface area contributed by atoms with Gasteiger partial charge in [0.25, 0.3) is 15.9 Å². The lowest BCUT2D eigenvalue weighted by Gasteiger charge is -2.25. The van der Waals surface area contributed by atoms with Gasteiger partial charge in [-0.15, -0.1) is 22.7 Å². The Labute approximate surface area is 256 Å². The lowest BCUT2D eigenvalue weighted by atomic mass is 10.0. The molecule has 1 aliphatic heterocycles. The Morgan fingerprint density at radius 3 is 2.51 bits per heavy atom. The number of fused-ring (bicyclic) bond motifs is 2. The van der Waals surface area contributed by atoms with E-state index < -0.39 is 22.0 Å². The summed E-state index contributed by atoms with van der Waals surface area (Å²) in [4.78, 5) is 33.3. The van der Waals surface area contributed by atoms with Gasteiger partial charge in [0.05, 0.1) is 35.9 Å². The summed E-state index contributed by atoms with van der Waals surface area (Å²) in [5, 5.41) is 4.43. The van der Waals surface area contributed by atoms with Crippen molar-refractivity contribution in [1.82, 2.24) is 9.88 Å². The van der Waals surface area contributed by atoms with E-state index in [1.54, 1.807) is 35.2 Å². The van der Waals surface area contributed by atoms with Crippen LogP contribution in [0.1, 0.15) is 20.8 Å². The largest absolute Gasteiger partial charge is 0.497 e. The van der Waals surface area contributed by atoms with E-state index in [9.17, 15) is 18.0 Å². The number of para-hydroxylation sites is 1. The van der Waals surface area contributed by atoms with Crippen LogP contribution in [0.3, 0.4) is 0 Å². The van der Waals surface area contributed by atoms with Gasteiger partial charge in [0, 0.05) is 28.2 Å². The molecule has 43 heavy (non-hydrogen) atoms. The Hall–Kier alpha value is -4.46. The molecule has 3 aromatic carbocycles. The van der Waals surface area contributed by atoms with Crippen molar-refractivity contribution in [2.24, 2.45) is 0 Å². The second kappa shape index (κ2) is 11.7. The van der Waals surface area contributed by atoms with E-state index in [0.29, 0.717) is 30.3 Å². The zero-order valence-electron chi connectivity index (χ0n) is 23.1. The number of hydrogen-bond acceptors (Lipinski definition) is 9. The predicted molar refractivity (Wildman–Crippen MR) is 168 cm³/mol. The SMILES string of the molecule is COC(=O)N1CCc2c(sc(NC(=O)c3cccc(NS(=O)(=O)c4ccc(OC)cc4)c3)c2-c2nc3ccccc3s2)C1. The van der Waals surface area contributed by atoms with Crippen LogP contribution in [0.15, 0.2) is 77.7 Å². The summed E-state index contributed by atoms with van der Waals surface area (Å²) in [6, 6.07) is 20.2. The van der Waals surface area contributed by atoms with E-state index in [2.05, 4.69) is 10.0 Å². The maximum atomic E-state index is 13.6. The summed E-state index contributed by atoms with van der Waals surface area (Å²) in [5.41, 5.74) is 3.27. The Morgan fingerprint density at radius 2 is 1.77 bits per heavy atom. The molecular formula is C30H26N4O6S3. The third-order valence-electron chi connectivity index (χ3n) is 6.97. The van der Waals surface area contributed by atoms with Crippen LogP contribution >= 0.6 is 22.7 Å². The molecule has 0 unspecified atom stereocenters. The normalized spacial score (nSPS) is 12.9. The molecule has 0 spiro atoms. The summed E-state index contributed by atoms with van der Waals surface area (Å²) in [6.45, 7) is 0.848. The van der Waals surface area contributed by atoms with Crippen LogP contribution in [-0.4, -0.2) is 51.1 Å².